The Morgan fingerprint density at radius 1 is 1.27 bits per heavy atom. The third-order valence-electron chi connectivity index (χ3n) is 1.91. The molecule has 0 heterocycles. The van der Waals surface area contributed by atoms with Gasteiger partial charge in [-0.15, -0.1) is 0 Å². The molecule has 0 saturated heterocycles. The molecule has 0 atom stereocenters. The molecule has 0 radical (unpaired) electrons. The Balaban J connectivity index is 3.13. The number of methoxy groups -OCH3 is 2. The van der Waals surface area contributed by atoms with Crippen molar-refractivity contribution >= 4 is 29.2 Å². The molecule has 0 fully saturated rings. The maximum Gasteiger partial charge on any atom is 0.310 e. The van der Waals surface area contributed by atoms with E-state index in [2.05, 4.69) is 4.74 Å². The molecule has 1 aromatic carbocycles. The molecule has 3 nitrogen and oxygen atoms in total. The lowest BCUT2D eigenvalue weighted by atomic mass is 10.1. The van der Waals surface area contributed by atoms with E-state index in [4.69, 9.17) is 27.9 Å². The van der Waals surface area contributed by atoms with Crippen molar-refractivity contribution in [2.24, 2.45) is 0 Å². The standard InChI is InChI=1S/C10H10Cl2O3/c1-14-9(13)5-6-7(11)3-4-8(12)10(6)15-2/h3-4H,5H2,1-2H3. The van der Waals surface area contributed by atoms with Crippen LogP contribution in [0.3, 0.4) is 0 Å². The van der Waals surface area contributed by atoms with Gasteiger partial charge in [0.25, 0.3) is 0 Å². The summed E-state index contributed by atoms with van der Waals surface area (Å²) in [7, 11) is 2.78. The maximum atomic E-state index is 11.1. The molecule has 0 aliphatic carbocycles. The van der Waals surface area contributed by atoms with Crippen LogP contribution in [0.15, 0.2) is 12.1 Å². The molecule has 0 spiro atoms. The highest BCUT2D eigenvalue weighted by atomic mass is 35.5. The van der Waals surface area contributed by atoms with Crippen molar-refractivity contribution in [2.75, 3.05) is 14.2 Å². The van der Waals surface area contributed by atoms with Gasteiger partial charge in [0.1, 0.15) is 5.75 Å². The molecule has 1 aromatic rings. The quantitative estimate of drug-likeness (QED) is 0.772. The molecule has 0 aromatic heterocycles. The number of rotatable bonds is 3. The van der Waals surface area contributed by atoms with E-state index < -0.39 is 5.97 Å². The molecule has 0 N–H and O–H groups in total. The number of carbonyl (C=O) groups excluding carboxylic acids is 1. The van der Waals surface area contributed by atoms with Gasteiger partial charge >= 0.3 is 5.97 Å². The highest BCUT2D eigenvalue weighted by molar-refractivity contribution is 6.35. The molecule has 0 bridgehead atoms. The number of hydrogen-bond donors (Lipinski definition) is 0. The first-order valence-corrected chi connectivity index (χ1v) is 4.93. The third kappa shape index (κ3) is 2.76. The van der Waals surface area contributed by atoms with Gasteiger partial charge in [-0.05, 0) is 12.1 Å². The van der Waals surface area contributed by atoms with Crippen molar-refractivity contribution in [1.29, 1.82) is 0 Å². The van der Waals surface area contributed by atoms with Gasteiger partial charge < -0.3 is 9.47 Å². The van der Waals surface area contributed by atoms with Crippen LogP contribution in [0, 0.1) is 0 Å². The van der Waals surface area contributed by atoms with E-state index in [9.17, 15) is 4.79 Å². The van der Waals surface area contributed by atoms with Gasteiger partial charge in [-0.25, -0.2) is 0 Å². The van der Waals surface area contributed by atoms with Crippen molar-refractivity contribution in [3.63, 3.8) is 0 Å². The van der Waals surface area contributed by atoms with Crippen LogP contribution in [0.2, 0.25) is 10.0 Å². The lowest BCUT2D eigenvalue weighted by Crippen LogP contribution is -2.06. The van der Waals surface area contributed by atoms with Gasteiger partial charge in [0.15, 0.2) is 0 Å². The molecular formula is C10H10Cl2O3. The normalized spacial score (nSPS) is 9.87. The summed E-state index contributed by atoms with van der Waals surface area (Å²) in [4.78, 5) is 11.1. The molecule has 0 aliphatic heterocycles. The van der Waals surface area contributed by atoms with Crippen LogP contribution in [0.4, 0.5) is 0 Å². The Morgan fingerprint density at radius 3 is 2.40 bits per heavy atom. The van der Waals surface area contributed by atoms with Gasteiger partial charge in [-0.2, -0.15) is 0 Å². The summed E-state index contributed by atoms with van der Waals surface area (Å²) in [5.74, 6) is 0.0204. The molecule has 0 amide bonds. The summed E-state index contributed by atoms with van der Waals surface area (Å²) in [5, 5.41) is 0.849. The summed E-state index contributed by atoms with van der Waals surface area (Å²) in [5.41, 5.74) is 0.540. The Bertz CT molecular complexity index is 377. The van der Waals surface area contributed by atoms with Gasteiger partial charge in [-0.3, -0.25) is 4.79 Å². The fourth-order valence-corrected chi connectivity index (χ4v) is 1.65. The van der Waals surface area contributed by atoms with Crippen LogP contribution in [0.5, 0.6) is 5.75 Å². The zero-order chi connectivity index (χ0) is 11.4. The van der Waals surface area contributed by atoms with Crippen LogP contribution in [-0.4, -0.2) is 20.2 Å². The molecule has 5 heteroatoms. The van der Waals surface area contributed by atoms with Crippen LogP contribution < -0.4 is 4.74 Å². The van der Waals surface area contributed by atoms with Crippen molar-refractivity contribution < 1.29 is 14.3 Å². The average Bonchev–Trinajstić information content (AvgIpc) is 2.23. The highest BCUT2D eigenvalue weighted by Gasteiger charge is 2.15. The SMILES string of the molecule is COC(=O)Cc1c(Cl)ccc(Cl)c1OC. The summed E-state index contributed by atoms with van der Waals surface area (Å²) in [6, 6.07) is 3.23. The van der Waals surface area contributed by atoms with Gasteiger partial charge in [0, 0.05) is 10.6 Å². The minimum absolute atomic E-state index is 0.0407. The van der Waals surface area contributed by atoms with Crippen LogP contribution in [0.1, 0.15) is 5.56 Å². The monoisotopic (exact) mass is 248 g/mol. The Morgan fingerprint density at radius 2 is 1.87 bits per heavy atom. The predicted octanol–water partition coefficient (Wildman–Crippen LogP) is 2.72. The zero-order valence-corrected chi connectivity index (χ0v) is 9.85. The summed E-state index contributed by atoms with van der Waals surface area (Å²) in [6.45, 7) is 0. The number of carbonyl (C=O) groups is 1. The lowest BCUT2D eigenvalue weighted by Gasteiger charge is -2.10. The van der Waals surface area contributed by atoms with Crippen LogP contribution in [0.25, 0.3) is 0 Å². The van der Waals surface area contributed by atoms with E-state index in [0.717, 1.165) is 0 Å². The Hall–Kier alpha value is -0.930. The minimum atomic E-state index is -0.391. The van der Waals surface area contributed by atoms with E-state index in [0.29, 0.717) is 21.4 Å². The van der Waals surface area contributed by atoms with Crippen molar-refractivity contribution in [3.05, 3.63) is 27.7 Å². The third-order valence-corrected chi connectivity index (χ3v) is 2.56. The first-order chi connectivity index (χ1) is 7.10. The largest absolute Gasteiger partial charge is 0.495 e. The van der Waals surface area contributed by atoms with Crippen molar-refractivity contribution in [3.8, 4) is 5.75 Å². The van der Waals surface area contributed by atoms with E-state index in [-0.39, 0.29) is 6.42 Å². The fourth-order valence-electron chi connectivity index (χ4n) is 1.18. The predicted molar refractivity (Wildman–Crippen MR) is 58.7 cm³/mol. The molecule has 0 aliphatic rings. The van der Waals surface area contributed by atoms with E-state index in [1.807, 2.05) is 0 Å². The van der Waals surface area contributed by atoms with Gasteiger partial charge in [-0.1, -0.05) is 23.2 Å². The lowest BCUT2D eigenvalue weighted by molar-refractivity contribution is -0.139. The van der Waals surface area contributed by atoms with E-state index in [1.165, 1.54) is 14.2 Å². The summed E-state index contributed by atoms with van der Waals surface area (Å²) < 4.78 is 9.63. The van der Waals surface area contributed by atoms with Crippen molar-refractivity contribution in [2.45, 2.75) is 6.42 Å². The number of ether oxygens (including phenoxy) is 2. The fraction of sp³-hybridized carbons (Fsp3) is 0.300. The number of esters is 1. The zero-order valence-electron chi connectivity index (χ0n) is 8.34. The highest BCUT2D eigenvalue weighted by Crippen LogP contribution is 2.34. The van der Waals surface area contributed by atoms with Gasteiger partial charge in [0.2, 0.25) is 0 Å². The second-order valence-corrected chi connectivity index (χ2v) is 3.61. The molecule has 1 rings (SSSR count). The summed E-state index contributed by atoms with van der Waals surface area (Å²) in [6.07, 6.45) is 0.0407. The molecule has 0 unspecified atom stereocenters. The van der Waals surface area contributed by atoms with Gasteiger partial charge in [0.05, 0.1) is 25.7 Å². The van der Waals surface area contributed by atoms with Crippen LogP contribution >= 0.6 is 23.2 Å². The maximum absolute atomic E-state index is 11.1. The smallest absolute Gasteiger partial charge is 0.310 e. The first kappa shape index (κ1) is 12.1. The van der Waals surface area contributed by atoms with Crippen LogP contribution in [-0.2, 0) is 16.0 Å². The molecule has 82 valence electrons. The molecule has 15 heavy (non-hydrogen) atoms. The molecular weight excluding hydrogens is 239 g/mol. The second kappa shape index (κ2) is 5.24. The number of benzene rings is 1. The number of hydrogen-bond acceptors (Lipinski definition) is 3. The van der Waals surface area contributed by atoms with E-state index in [1.54, 1.807) is 12.1 Å². The minimum Gasteiger partial charge on any atom is -0.495 e. The Labute approximate surface area is 97.9 Å². The topological polar surface area (TPSA) is 35.5 Å². The Kier molecular flexibility index (Phi) is 4.24. The average molecular weight is 249 g/mol. The number of halogens is 2. The first-order valence-electron chi connectivity index (χ1n) is 4.17. The van der Waals surface area contributed by atoms with Crippen molar-refractivity contribution in [1.82, 2.24) is 0 Å². The summed E-state index contributed by atoms with van der Waals surface area (Å²) >= 11 is 11.8. The molecule has 0 saturated carbocycles. The van der Waals surface area contributed by atoms with E-state index >= 15 is 0 Å². The second-order valence-electron chi connectivity index (χ2n) is 2.79.